The van der Waals surface area contributed by atoms with E-state index in [1.54, 1.807) is 4.90 Å². The average Bonchev–Trinajstić information content (AvgIpc) is 2.87. The number of hydrogen-bond donors (Lipinski definition) is 2. The third kappa shape index (κ3) is 4.42. The van der Waals surface area contributed by atoms with Gasteiger partial charge in [-0.3, -0.25) is 14.9 Å². The van der Waals surface area contributed by atoms with E-state index in [0.29, 0.717) is 25.3 Å². The standard InChI is InChI=1S/C15H19FN2O4/c1-15(17-8-14(20)21)6-7-18(10-15)13(19)9-22-12-4-2-11(16)3-5-12/h2-5,17H,6-10H2,1H3,(H,20,21)/t15-/m1/s1. The van der Waals surface area contributed by atoms with Crippen LogP contribution in [0, 0.1) is 5.82 Å². The smallest absolute Gasteiger partial charge is 0.317 e. The Morgan fingerprint density at radius 3 is 2.73 bits per heavy atom. The van der Waals surface area contributed by atoms with Crippen LogP contribution in [-0.2, 0) is 9.59 Å². The second-order valence-corrected chi connectivity index (χ2v) is 5.62. The molecular formula is C15H19FN2O4. The molecule has 0 unspecified atom stereocenters. The van der Waals surface area contributed by atoms with E-state index in [1.807, 2.05) is 6.92 Å². The van der Waals surface area contributed by atoms with Crippen LogP contribution in [0.2, 0.25) is 0 Å². The largest absolute Gasteiger partial charge is 0.484 e. The van der Waals surface area contributed by atoms with E-state index < -0.39 is 11.5 Å². The van der Waals surface area contributed by atoms with Crippen molar-refractivity contribution in [2.24, 2.45) is 0 Å². The maximum absolute atomic E-state index is 12.8. The summed E-state index contributed by atoms with van der Waals surface area (Å²) in [6.45, 7) is 2.62. The van der Waals surface area contributed by atoms with E-state index in [4.69, 9.17) is 9.84 Å². The number of likely N-dealkylation sites (tertiary alicyclic amines) is 1. The Kier molecular flexibility index (Phi) is 4.97. The molecule has 1 atom stereocenters. The van der Waals surface area contributed by atoms with Crippen molar-refractivity contribution < 1.29 is 23.8 Å². The van der Waals surface area contributed by atoms with Crippen LogP contribution in [0.1, 0.15) is 13.3 Å². The predicted molar refractivity (Wildman–Crippen MR) is 77.1 cm³/mol. The minimum atomic E-state index is -0.925. The Hall–Kier alpha value is -2.15. The van der Waals surface area contributed by atoms with Gasteiger partial charge in [0, 0.05) is 18.6 Å². The Bertz CT molecular complexity index is 549. The Labute approximate surface area is 127 Å². The third-order valence-electron chi connectivity index (χ3n) is 3.67. The summed E-state index contributed by atoms with van der Waals surface area (Å²) in [6.07, 6.45) is 0.683. The number of halogens is 1. The molecular weight excluding hydrogens is 291 g/mol. The predicted octanol–water partition coefficient (Wildman–Crippen LogP) is 0.870. The van der Waals surface area contributed by atoms with Gasteiger partial charge in [0.15, 0.2) is 6.61 Å². The topological polar surface area (TPSA) is 78.9 Å². The molecule has 120 valence electrons. The first kappa shape index (κ1) is 16.2. The number of aliphatic carboxylic acids is 1. The minimum Gasteiger partial charge on any atom is -0.484 e. The zero-order chi connectivity index (χ0) is 16.2. The highest BCUT2D eigenvalue weighted by Gasteiger charge is 2.36. The second-order valence-electron chi connectivity index (χ2n) is 5.62. The monoisotopic (exact) mass is 310 g/mol. The fourth-order valence-corrected chi connectivity index (χ4v) is 2.37. The van der Waals surface area contributed by atoms with E-state index in [2.05, 4.69) is 5.32 Å². The van der Waals surface area contributed by atoms with Crippen LogP contribution in [0.5, 0.6) is 5.75 Å². The first-order valence-electron chi connectivity index (χ1n) is 7.01. The molecule has 0 spiro atoms. The fraction of sp³-hybridized carbons (Fsp3) is 0.467. The van der Waals surface area contributed by atoms with Crippen LogP contribution in [-0.4, -0.2) is 53.7 Å². The molecule has 1 saturated heterocycles. The zero-order valence-corrected chi connectivity index (χ0v) is 12.3. The number of carbonyl (C=O) groups is 2. The number of ether oxygens (including phenoxy) is 1. The van der Waals surface area contributed by atoms with Crippen LogP contribution < -0.4 is 10.1 Å². The molecule has 2 N–H and O–H groups in total. The summed E-state index contributed by atoms with van der Waals surface area (Å²) in [4.78, 5) is 24.3. The van der Waals surface area contributed by atoms with E-state index in [0.717, 1.165) is 0 Å². The Balaban J connectivity index is 1.81. The van der Waals surface area contributed by atoms with Crippen molar-refractivity contribution in [1.29, 1.82) is 0 Å². The molecule has 1 aliphatic rings. The van der Waals surface area contributed by atoms with Gasteiger partial charge < -0.3 is 14.7 Å². The lowest BCUT2D eigenvalue weighted by atomic mass is 10.0. The molecule has 1 amide bonds. The lowest BCUT2D eigenvalue weighted by Crippen LogP contribution is -2.48. The van der Waals surface area contributed by atoms with E-state index >= 15 is 0 Å². The van der Waals surface area contributed by atoms with Crippen LogP contribution in [0.15, 0.2) is 24.3 Å². The molecule has 0 saturated carbocycles. The van der Waals surface area contributed by atoms with Crippen molar-refractivity contribution in [1.82, 2.24) is 10.2 Å². The van der Waals surface area contributed by atoms with Gasteiger partial charge in [0.2, 0.25) is 0 Å². The summed E-state index contributed by atoms with van der Waals surface area (Å²) in [5, 5.41) is 11.6. The SMILES string of the molecule is C[C@@]1(NCC(=O)O)CCN(C(=O)COc2ccc(F)cc2)C1. The van der Waals surface area contributed by atoms with Crippen molar-refractivity contribution in [3.8, 4) is 5.75 Å². The molecule has 7 heteroatoms. The minimum absolute atomic E-state index is 0.124. The van der Waals surface area contributed by atoms with Crippen molar-refractivity contribution in [3.05, 3.63) is 30.1 Å². The first-order chi connectivity index (χ1) is 10.4. The first-order valence-corrected chi connectivity index (χ1v) is 7.01. The van der Waals surface area contributed by atoms with E-state index in [9.17, 15) is 14.0 Å². The number of amides is 1. The van der Waals surface area contributed by atoms with Crippen molar-refractivity contribution in [2.45, 2.75) is 18.9 Å². The molecule has 22 heavy (non-hydrogen) atoms. The number of nitrogens with zero attached hydrogens (tertiary/aromatic N) is 1. The van der Waals surface area contributed by atoms with Crippen LogP contribution in [0.4, 0.5) is 4.39 Å². The van der Waals surface area contributed by atoms with Gasteiger partial charge in [-0.15, -0.1) is 0 Å². The number of carboxylic acids is 1. The highest BCUT2D eigenvalue weighted by atomic mass is 19.1. The number of nitrogens with one attached hydrogen (secondary N) is 1. The molecule has 1 aromatic rings. The van der Waals surface area contributed by atoms with E-state index in [-0.39, 0.29) is 24.9 Å². The highest BCUT2D eigenvalue weighted by molar-refractivity contribution is 5.78. The highest BCUT2D eigenvalue weighted by Crippen LogP contribution is 2.21. The van der Waals surface area contributed by atoms with Gasteiger partial charge in [-0.2, -0.15) is 0 Å². The quantitative estimate of drug-likeness (QED) is 0.815. The molecule has 1 aliphatic heterocycles. The fourth-order valence-electron chi connectivity index (χ4n) is 2.37. The summed E-state index contributed by atoms with van der Waals surface area (Å²) in [5.74, 6) is -1.03. The number of benzene rings is 1. The van der Waals surface area contributed by atoms with Gasteiger partial charge in [-0.25, -0.2) is 4.39 Å². The summed E-state index contributed by atoms with van der Waals surface area (Å²) < 4.78 is 18.1. The lowest BCUT2D eigenvalue weighted by Gasteiger charge is -2.25. The molecule has 6 nitrogen and oxygen atoms in total. The number of hydrogen-bond acceptors (Lipinski definition) is 4. The van der Waals surface area contributed by atoms with E-state index in [1.165, 1.54) is 24.3 Å². The molecule has 0 radical (unpaired) electrons. The maximum atomic E-state index is 12.8. The van der Waals surface area contributed by atoms with Gasteiger partial charge in [0.05, 0.1) is 6.54 Å². The number of carboxylic acid groups (broad SMARTS) is 1. The number of carbonyl (C=O) groups excluding carboxylic acids is 1. The lowest BCUT2D eigenvalue weighted by molar-refractivity contribution is -0.136. The van der Waals surface area contributed by atoms with Crippen molar-refractivity contribution in [3.63, 3.8) is 0 Å². The zero-order valence-electron chi connectivity index (χ0n) is 12.3. The molecule has 1 heterocycles. The normalized spacial score (nSPS) is 20.9. The molecule has 1 aromatic carbocycles. The van der Waals surface area contributed by atoms with Gasteiger partial charge >= 0.3 is 5.97 Å². The Morgan fingerprint density at radius 2 is 2.09 bits per heavy atom. The average molecular weight is 310 g/mol. The van der Waals surface area contributed by atoms with Crippen molar-refractivity contribution >= 4 is 11.9 Å². The van der Waals surface area contributed by atoms with Crippen LogP contribution >= 0.6 is 0 Å². The van der Waals surface area contributed by atoms with Gasteiger partial charge in [-0.05, 0) is 37.6 Å². The maximum Gasteiger partial charge on any atom is 0.317 e. The van der Waals surface area contributed by atoms with Gasteiger partial charge in [0.25, 0.3) is 5.91 Å². The third-order valence-corrected chi connectivity index (χ3v) is 3.67. The molecule has 2 rings (SSSR count). The Morgan fingerprint density at radius 1 is 1.41 bits per heavy atom. The van der Waals surface area contributed by atoms with Gasteiger partial charge in [-0.1, -0.05) is 0 Å². The van der Waals surface area contributed by atoms with Crippen LogP contribution in [0.25, 0.3) is 0 Å². The second kappa shape index (κ2) is 6.74. The summed E-state index contributed by atoms with van der Waals surface area (Å²) in [7, 11) is 0. The number of rotatable bonds is 6. The molecule has 1 fully saturated rings. The molecule has 0 bridgehead atoms. The van der Waals surface area contributed by atoms with Gasteiger partial charge in [0.1, 0.15) is 11.6 Å². The summed E-state index contributed by atoms with van der Waals surface area (Å²) >= 11 is 0. The molecule has 0 aromatic heterocycles. The summed E-state index contributed by atoms with van der Waals surface area (Å²) in [5.41, 5.74) is -0.399. The summed E-state index contributed by atoms with van der Waals surface area (Å²) in [6, 6.07) is 5.46. The molecule has 0 aliphatic carbocycles. The van der Waals surface area contributed by atoms with Crippen LogP contribution in [0.3, 0.4) is 0 Å². The van der Waals surface area contributed by atoms with Crippen molar-refractivity contribution in [2.75, 3.05) is 26.2 Å².